The van der Waals surface area contributed by atoms with Crippen molar-refractivity contribution in [3.8, 4) is 0 Å². The zero-order chi connectivity index (χ0) is 13.7. The number of hydrogen-bond donors (Lipinski definition) is 2. The number of carbonyl (C=O) groups excluding carboxylic acids is 1. The van der Waals surface area contributed by atoms with E-state index < -0.39 is 0 Å². The molecule has 0 aliphatic heterocycles. The quantitative estimate of drug-likeness (QED) is 0.883. The fourth-order valence-corrected chi connectivity index (χ4v) is 1.72. The van der Waals surface area contributed by atoms with E-state index in [2.05, 4.69) is 15.6 Å². The highest BCUT2D eigenvalue weighted by atomic mass is 16.1. The van der Waals surface area contributed by atoms with Gasteiger partial charge in [0.1, 0.15) is 0 Å². The van der Waals surface area contributed by atoms with E-state index in [0.717, 1.165) is 11.4 Å². The van der Waals surface area contributed by atoms with E-state index in [4.69, 9.17) is 0 Å². The number of benzene rings is 1. The molecule has 0 atom stereocenters. The van der Waals surface area contributed by atoms with Crippen molar-refractivity contribution < 1.29 is 4.79 Å². The Kier molecular flexibility index (Phi) is 4.13. The number of carbonyl (C=O) groups is 1. The van der Waals surface area contributed by atoms with Gasteiger partial charge in [0, 0.05) is 24.1 Å². The van der Waals surface area contributed by atoms with Crippen molar-refractivity contribution in [1.29, 1.82) is 0 Å². The number of rotatable bonds is 4. The van der Waals surface area contributed by atoms with Gasteiger partial charge < -0.3 is 10.6 Å². The van der Waals surface area contributed by atoms with Gasteiger partial charge in [-0.25, -0.2) is 0 Å². The van der Waals surface area contributed by atoms with E-state index in [0.29, 0.717) is 5.56 Å². The first-order valence-electron chi connectivity index (χ1n) is 6.24. The summed E-state index contributed by atoms with van der Waals surface area (Å²) in [4.78, 5) is 16.1. The van der Waals surface area contributed by atoms with Crippen molar-refractivity contribution in [2.24, 2.45) is 0 Å². The standard InChI is InChI=1S/C15H17N3O/c1-11(2)17-15(19)13-5-3-4-6-14(13)18-12-7-9-16-10-8-12/h3-11H,1-2H3,(H,16,18)(H,17,19). The summed E-state index contributed by atoms with van der Waals surface area (Å²) < 4.78 is 0. The average molecular weight is 255 g/mol. The maximum absolute atomic E-state index is 12.1. The van der Waals surface area contributed by atoms with Crippen LogP contribution in [0.4, 0.5) is 11.4 Å². The van der Waals surface area contributed by atoms with Crippen molar-refractivity contribution in [3.63, 3.8) is 0 Å². The van der Waals surface area contributed by atoms with Gasteiger partial charge in [0.05, 0.1) is 11.3 Å². The van der Waals surface area contributed by atoms with E-state index >= 15 is 0 Å². The Bertz CT molecular complexity index is 552. The summed E-state index contributed by atoms with van der Waals surface area (Å²) in [5.41, 5.74) is 2.32. The van der Waals surface area contributed by atoms with Gasteiger partial charge in [0.2, 0.25) is 0 Å². The van der Waals surface area contributed by atoms with Crippen molar-refractivity contribution in [2.45, 2.75) is 19.9 Å². The van der Waals surface area contributed by atoms with E-state index in [1.807, 2.05) is 44.2 Å². The fourth-order valence-electron chi connectivity index (χ4n) is 1.72. The second kappa shape index (κ2) is 6.00. The largest absolute Gasteiger partial charge is 0.355 e. The molecule has 1 heterocycles. The number of anilines is 2. The monoisotopic (exact) mass is 255 g/mol. The molecule has 98 valence electrons. The lowest BCUT2D eigenvalue weighted by atomic mass is 10.1. The maximum Gasteiger partial charge on any atom is 0.253 e. The van der Waals surface area contributed by atoms with Crippen LogP contribution in [0.5, 0.6) is 0 Å². The highest BCUT2D eigenvalue weighted by Crippen LogP contribution is 2.20. The Morgan fingerprint density at radius 2 is 1.79 bits per heavy atom. The summed E-state index contributed by atoms with van der Waals surface area (Å²) in [6.45, 7) is 3.88. The van der Waals surface area contributed by atoms with Crippen LogP contribution in [0, 0.1) is 0 Å². The lowest BCUT2D eigenvalue weighted by molar-refractivity contribution is 0.0944. The van der Waals surface area contributed by atoms with Gasteiger partial charge in [0.15, 0.2) is 0 Å². The molecular formula is C15H17N3O. The number of hydrogen-bond acceptors (Lipinski definition) is 3. The molecule has 19 heavy (non-hydrogen) atoms. The maximum atomic E-state index is 12.1. The van der Waals surface area contributed by atoms with Crippen LogP contribution in [0.2, 0.25) is 0 Å². The Labute approximate surface area is 112 Å². The molecule has 2 N–H and O–H groups in total. The summed E-state index contributed by atoms with van der Waals surface area (Å²) in [6.07, 6.45) is 3.41. The molecule has 1 aromatic heterocycles. The molecule has 2 rings (SSSR count). The minimum atomic E-state index is -0.0767. The summed E-state index contributed by atoms with van der Waals surface area (Å²) in [5, 5.41) is 6.12. The fraction of sp³-hybridized carbons (Fsp3) is 0.200. The molecule has 0 aliphatic rings. The van der Waals surface area contributed by atoms with E-state index in [-0.39, 0.29) is 11.9 Å². The van der Waals surface area contributed by atoms with E-state index in [9.17, 15) is 4.79 Å². The SMILES string of the molecule is CC(C)NC(=O)c1ccccc1Nc1ccncc1. The molecule has 4 heteroatoms. The second-order valence-corrected chi connectivity index (χ2v) is 4.53. The van der Waals surface area contributed by atoms with E-state index in [1.54, 1.807) is 18.5 Å². The van der Waals surface area contributed by atoms with Gasteiger partial charge in [0.25, 0.3) is 5.91 Å². The molecule has 4 nitrogen and oxygen atoms in total. The summed E-state index contributed by atoms with van der Waals surface area (Å²) in [5.74, 6) is -0.0767. The topological polar surface area (TPSA) is 54.0 Å². The molecule has 0 radical (unpaired) electrons. The normalized spacial score (nSPS) is 10.3. The zero-order valence-corrected chi connectivity index (χ0v) is 11.1. The van der Waals surface area contributed by atoms with Crippen molar-refractivity contribution in [3.05, 3.63) is 54.4 Å². The third-order valence-corrected chi connectivity index (χ3v) is 2.55. The van der Waals surface area contributed by atoms with Crippen molar-refractivity contribution in [1.82, 2.24) is 10.3 Å². The highest BCUT2D eigenvalue weighted by molar-refractivity contribution is 6.00. The molecule has 0 fully saturated rings. The van der Waals surface area contributed by atoms with Crippen LogP contribution >= 0.6 is 0 Å². The lowest BCUT2D eigenvalue weighted by Crippen LogP contribution is -2.30. The van der Waals surface area contributed by atoms with Crippen LogP contribution < -0.4 is 10.6 Å². The molecule has 1 amide bonds. The number of para-hydroxylation sites is 1. The van der Waals surface area contributed by atoms with Crippen LogP contribution in [0.15, 0.2) is 48.8 Å². The second-order valence-electron chi connectivity index (χ2n) is 4.53. The van der Waals surface area contributed by atoms with Gasteiger partial charge in [-0.05, 0) is 38.1 Å². The minimum absolute atomic E-state index is 0.0767. The third kappa shape index (κ3) is 3.55. The molecule has 1 aromatic carbocycles. The van der Waals surface area contributed by atoms with Gasteiger partial charge >= 0.3 is 0 Å². The van der Waals surface area contributed by atoms with Crippen LogP contribution in [-0.2, 0) is 0 Å². The first kappa shape index (κ1) is 13.1. The summed E-state index contributed by atoms with van der Waals surface area (Å²) in [7, 11) is 0. The van der Waals surface area contributed by atoms with Crippen molar-refractivity contribution in [2.75, 3.05) is 5.32 Å². The highest BCUT2D eigenvalue weighted by Gasteiger charge is 2.11. The molecule has 0 saturated carbocycles. The first-order valence-corrected chi connectivity index (χ1v) is 6.24. The predicted octanol–water partition coefficient (Wildman–Crippen LogP) is 2.96. The number of pyridine rings is 1. The summed E-state index contributed by atoms with van der Waals surface area (Å²) in [6, 6.07) is 11.3. The molecule has 2 aromatic rings. The molecule has 0 unspecified atom stereocenters. The molecule has 0 bridgehead atoms. The summed E-state index contributed by atoms with van der Waals surface area (Å²) >= 11 is 0. The zero-order valence-electron chi connectivity index (χ0n) is 11.1. The van der Waals surface area contributed by atoms with Crippen molar-refractivity contribution >= 4 is 17.3 Å². The third-order valence-electron chi connectivity index (χ3n) is 2.55. The molecular weight excluding hydrogens is 238 g/mol. The molecule has 0 aliphatic carbocycles. The molecule has 0 saturated heterocycles. The number of aromatic nitrogens is 1. The minimum Gasteiger partial charge on any atom is -0.355 e. The van der Waals surface area contributed by atoms with Gasteiger partial charge in [-0.1, -0.05) is 12.1 Å². The van der Waals surface area contributed by atoms with Crippen LogP contribution in [0.3, 0.4) is 0 Å². The average Bonchev–Trinajstić information content (AvgIpc) is 2.39. The van der Waals surface area contributed by atoms with Gasteiger partial charge in [-0.3, -0.25) is 9.78 Å². The lowest BCUT2D eigenvalue weighted by Gasteiger charge is -2.13. The number of nitrogens with one attached hydrogen (secondary N) is 2. The Hall–Kier alpha value is -2.36. The van der Waals surface area contributed by atoms with Crippen LogP contribution in [0.25, 0.3) is 0 Å². The molecule has 0 spiro atoms. The Morgan fingerprint density at radius 1 is 1.11 bits per heavy atom. The Balaban J connectivity index is 2.24. The predicted molar refractivity (Wildman–Crippen MR) is 76.6 cm³/mol. The van der Waals surface area contributed by atoms with Gasteiger partial charge in [-0.15, -0.1) is 0 Å². The van der Waals surface area contributed by atoms with E-state index in [1.165, 1.54) is 0 Å². The van der Waals surface area contributed by atoms with Crippen LogP contribution in [-0.4, -0.2) is 16.9 Å². The Morgan fingerprint density at radius 3 is 2.47 bits per heavy atom. The van der Waals surface area contributed by atoms with Crippen LogP contribution in [0.1, 0.15) is 24.2 Å². The number of nitrogens with zero attached hydrogens (tertiary/aromatic N) is 1. The smallest absolute Gasteiger partial charge is 0.253 e. The number of amides is 1. The van der Waals surface area contributed by atoms with Gasteiger partial charge in [-0.2, -0.15) is 0 Å². The first-order chi connectivity index (χ1) is 9.16.